The monoisotopic (exact) mass is 389 g/mol. The Bertz CT molecular complexity index is 454. The summed E-state index contributed by atoms with van der Waals surface area (Å²) in [4.78, 5) is 8.35. The zero-order chi connectivity index (χ0) is 15.2. The second kappa shape index (κ2) is 7.78. The zero-order valence-electron chi connectivity index (χ0n) is 12.5. The molecule has 1 aromatic heterocycles. The van der Waals surface area contributed by atoms with Crippen LogP contribution in [0.25, 0.3) is 6.08 Å². The molecule has 6 heteroatoms. The fourth-order valence-corrected chi connectivity index (χ4v) is 2.42. The molecule has 0 aliphatic carbocycles. The van der Waals surface area contributed by atoms with Crippen molar-refractivity contribution in [1.29, 1.82) is 0 Å². The van der Waals surface area contributed by atoms with Gasteiger partial charge in [-0.15, -0.1) is 0 Å². The molecule has 0 bridgehead atoms. The van der Waals surface area contributed by atoms with Crippen LogP contribution in [0.4, 0.5) is 11.8 Å². The Hall–Kier alpha value is -0.890. The second-order valence-electron chi connectivity index (χ2n) is 5.65. The van der Waals surface area contributed by atoms with E-state index in [1.54, 1.807) is 6.08 Å². The van der Waals surface area contributed by atoms with Crippen molar-refractivity contribution < 1.29 is 0 Å². The Balaban J connectivity index is 2.41. The average Bonchev–Trinajstić information content (AvgIpc) is 2.31. The van der Waals surface area contributed by atoms with Crippen molar-refractivity contribution in [2.75, 3.05) is 24.1 Å². The molecular formula is C14H24IN5. The molecule has 1 heterocycles. The summed E-state index contributed by atoms with van der Waals surface area (Å²) in [6.45, 7) is 12.2. The molecule has 0 amide bonds. The average molecular weight is 389 g/mol. The van der Waals surface area contributed by atoms with Gasteiger partial charge in [-0.3, -0.25) is 0 Å². The van der Waals surface area contributed by atoms with Gasteiger partial charge in [0.1, 0.15) is 9.52 Å². The molecule has 20 heavy (non-hydrogen) atoms. The van der Waals surface area contributed by atoms with Crippen molar-refractivity contribution in [3.05, 3.63) is 15.8 Å². The molecule has 112 valence electrons. The van der Waals surface area contributed by atoms with Gasteiger partial charge >= 0.3 is 0 Å². The molecule has 1 aromatic rings. The van der Waals surface area contributed by atoms with Crippen molar-refractivity contribution >= 4 is 40.4 Å². The summed E-state index contributed by atoms with van der Waals surface area (Å²) in [6.07, 6.45) is 3.94. The molecule has 0 spiro atoms. The van der Waals surface area contributed by atoms with Crippen LogP contribution in [-0.4, -0.2) is 28.6 Å². The van der Waals surface area contributed by atoms with Crippen LogP contribution in [0, 0.1) is 3.70 Å². The maximum Gasteiger partial charge on any atom is 0.223 e. The highest BCUT2D eigenvalue weighted by molar-refractivity contribution is 14.1. The first-order valence-electron chi connectivity index (χ1n) is 6.78. The van der Waals surface area contributed by atoms with Crippen molar-refractivity contribution in [3.8, 4) is 0 Å². The van der Waals surface area contributed by atoms with E-state index in [9.17, 15) is 0 Å². The number of nitrogens with zero attached hydrogens (tertiary/aromatic N) is 2. The van der Waals surface area contributed by atoms with Gasteiger partial charge in [0.15, 0.2) is 0 Å². The lowest BCUT2D eigenvalue weighted by atomic mass is 10.1. The molecule has 0 aliphatic heterocycles. The molecule has 5 nitrogen and oxygen atoms in total. The van der Waals surface area contributed by atoms with Gasteiger partial charge in [-0.1, -0.05) is 12.7 Å². The van der Waals surface area contributed by atoms with E-state index < -0.39 is 0 Å². The zero-order valence-corrected chi connectivity index (χ0v) is 14.6. The predicted molar refractivity (Wildman–Crippen MR) is 94.7 cm³/mol. The Kier molecular flexibility index (Phi) is 6.67. The number of aromatic nitrogens is 2. The smallest absolute Gasteiger partial charge is 0.223 e. The summed E-state index contributed by atoms with van der Waals surface area (Å²) < 4.78 is 0.821. The third kappa shape index (κ3) is 6.04. The van der Waals surface area contributed by atoms with Gasteiger partial charge in [-0.05, 0) is 62.7 Å². The van der Waals surface area contributed by atoms with Crippen LogP contribution >= 0.6 is 22.6 Å². The number of rotatable bonds is 7. The maximum atomic E-state index is 5.67. The Morgan fingerprint density at radius 1 is 1.25 bits per heavy atom. The summed E-state index contributed by atoms with van der Waals surface area (Å²) in [6, 6.07) is 0. The number of halogens is 1. The number of nitrogens with one attached hydrogen (secondary N) is 2. The largest absolute Gasteiger partial charge is 0.369 e. The number of anilines is 2. The quantitative estimate of drug-likeness (QED) is 0.380. The number of nitrogens with two attached hydrogens (primary N) is 1. The van der Waals surface area contributed by atoms with E-state index in [0.717, 1.165) is 41.0 Å². The van der Waals surface area contributed by atoms with E-state index in [4.69, 9.17) is 5.73 Å². The van der Waals surface area contributed by atoms with E-state index >= 15 is 0 Å². The predicted octanol–water partition coefficient (Wildman–Crippen LogP) is 2.89. The molecule has 0 saturated carbocycles. The van der Waals surface area contributed by atoms with E-state index in [-0.39, 0.29) is 11.5 Å². The second-order valence-corrected chi connectivity index (χ2v) is 6.67. The molecule has 4 N–H and O–H groups in total. The molecule has 0 unspecified atom stereocenters. The van der Waals surface area contributed by atoms with Crippen LogP contribution in [0.5, 0.6) is 0 Å². The summed E-state index contributed by atoms with van der Waals surface area (Å²) in [5.41, 5.74) is 6.76. The van der Waals surface area contributed by atoms with Crippen molar-refractivity contribution in [1.82, 2.24) is 15.3 Å². The van der Waals surface area contributed by atoms with Gasteiger partial charge < -0.3 is 16.4 Å². The standard InChI is InChI=1S/C14H24IN5/c1-5-10-11(15)19-13(16)20-12(10)17-8-6-7-9-18-14(2,3)4/h5,18H,1,6-9H2,2-4H3,(H3,16,17,19,20). The molecule has 0 radical (unpaired) electrons. The number of unbranched alkanes of at least 4 members (excludes halogenated alkanes) is 1. The SMILES string of the molecule is C=Cc1c(I)nc(N)nc1NCCCCNC(C)(C)C. The van der Waals surface area contributed by atoms with Gasteiger partial charge in [0.2, 0.25) is 5.95 Å². The minimum atomic E-state index is 0.181. The lowest BCUT2D eigenvalue weighted by Crippen LogP contribution is -2.36. The lowest BCUT2D eigenvalue weighted by Gasteiger charge is -2.20. The Labute approximate surface area is 135 Å². The summed E-state index contributed by atoms with van der Waals surface area (Å²) in [5, 5.41) is 6.78. The lowest BCUT2D eigenvalue weighted by molar-refractivity contribution is 0.420. The molecule has 0 atom stereocenters. The van der Waals surface area contributed by atoms with Gasteiger partial charge in [0.25, 0.3) is 0 Å². The van der Waals surface area contributed by atoms with Gasteiger partial charge in [0.05, 0.1) is 0 Å². The summed E-state index contributed by atoms with van der Waals surface area (Å²) in [7, 11) is 0. The molecule has 0 aromatic carbocycles. The van der Waals surface area contributed by atoms with Gasteiger partial charge in [0, 0.05) is 17.6 Å². The topological polar surface area (TPSA) is 75.9 Å². The van der Waals surface area contributed by atoms with Crippen LogP contribution < -0.4 is 16.4 Å². The van der Waals surface area contributed by atoms with Crippen LogP contribution in [0.1, 0.15) is 39.2 Å². The fraction of sp³-hybridized carbons (Fsp3) is 0.571. The highest BCUT2D eigenvalue weighted by Gasteiger charge is 2.09. The van der Waals surface area contributed by atoms with E-state index in [2.05, 4.69) is 70.5 Å². The van der Waals surface area contributed by atoms with Crippen molar-refractivity contribution in [3.63, 3.8) is 0 Å². The maximum absolute atomic E-state index is 5.67. The van der Waals surface area contributed by atoms with Crippen LogP contribution in [0.2, 0.25) is 0 Å². The van der Waals surface area contributed by atoms with Crippen LogP contribution in [0.3, 0.4) is 0 Å². The summed E-state index contributed by atoms with van der Waals surface area (Å²) >= 11 is 2.14. The Morgan fingerprint density at radius 3 is 2.50 bits per heavy atom. The van der Waals surface area contributed by atoms with Crippen molar-refractivity contribution in [2.24, 2.45) is 0 Å². The third-order valence-corrected chi connectivity index (χ3v) is 3.49. The number of hydrogen-bond donors (Lipinski definition) is 3. The first-order chi connectivity index (χ1) is 9.33. The highest BCUT2D eigenvalue weighted by Crippen LogP contribution is 2.20. The fourth-order valence-electron chi connectivity index (χ4n) is 1.69. The normalized spacial score (nSPS) is 11.4. The summed E-state index contributed by atoms with van der Waals surface area (Å²) in [5.74, 6) is 1.05. The molecular weight excluding hydrogens is 365 g/mol. The van der Waals surface area contributed by atoms with Gasteiger partial charge in [-0.2, -0.15) is 4.98 Å². The van der Waals surface area contributed by atoms with E-state index in [0.29, 0.717) is 0 Å². The molecule has 0 aliphatic rings. The van der Waals surface area contributed by atoms with Crippen LogP contribution in [0.15, 0.2) is 6.58 Å². The Morgan fingerprint density at radius 2 is 1.90 bits per heavy atom. The molecule has 1 rings (SSSR count). The number of nitrogen functional groups attached to an aromatic ring is 1. The first-order valence-corrected chi connectivity index (χ1v) is 7.85. The third-order valence-electron chi connectivity index (χ3n) is 2.67. The van der Waals surface area contributed by atoms with Gasteiger partial charge in [-0.25, -0.2) is 4.98 Å². The van der Waals surface area contributed by atoms with Crippen molar-refractivity contribution in [2.45, 2.75) is 39.2 Å². The van der Waals surface area contributed by atoms with E-state index in [1.165, 1.54) is 0 Å². The molecule has 0 saturated heterocycles. The molecule has 0 fully saturated rings. The van der Waals surface area contributed by atoms with E-state index in [1.807, 2.05) is 0 Å². The highest BCUT2D eigenvalue weighted by atomic mass is 127. The number of hydrogen-bond acceptors (Lipinski definition) is 5. The minimum absolute atomic E-state index is 0.181. The van der Waals surface area contributed by atoms with Crippen LogP contribution in [-0.2, 0) is 0 Å². The first kappa shape index (κ1) is 17.2. The minimum Gasteiger partial charge on any atom is -0.369 e.